The van der Waals surface area contributed by atoms with E-state index >= 15 is 0 Å². The van der Waals surface area contributed by atoms with Crippen molar-refractivity contribution in [2.24, 2.45) is 0 Å². The summed E-state index contributed by atoms with van der Waals surface area (Å²) in [6.07, 6.45) is 1.62. The molecule has 0 atom stereocenters. The molecule has 0 aliphatic rings. The molecule has 0 N–H and O–H groups in total. The van der Waals surface area contributed by atoms with Crippen molar-refractivity contribution < 1.29 is 0 Å². The van der Waals surface area contributed by atoms with Gasteiger partial charge in [0, 0.05) is 22.1 Å². The van der Waals surface area contributed by atoms with E-state index in [2.05, 4.69) is 27.0 Å². The van der Waals surface area contributed by atoms with Crippen LogP contribution in [0.25, 0.3) is 10.9 Å². The number of rotatable bonds is 0. The fourth-order valence-corrected chi connectivity index (χ4v) is 1.54. The van der Waals surface area contributed by atoms with E-state index < -0.39 is 0 Å². The second-order valence-corrected chi connectivity index (χ2v) is 3.76. The fraction of sp³-hybridized carbons (Fsp3) is 0. The molecule has 3 heteroatoms. The van der Waals surface area contributed by atoms with E-state index in [1.807, 2.05) is 18.2 Å². The van der Waals surface area contributed by atoms with Crippen LogP contribution in [0.5, 0.6) is 0 Å². The molecule has 0 saturated heterocycles. The summed E-state index contributed by atoms with van der Waals surface area (Å²) in [7, 11) is 0. The highest BCUT2D eigenvalue weighted by Gasteiger charge is 1.96. The smallest absolute Gasteiger partial charge is 0.0783 e. The van der Waals surface area contributed by atoms with Crippen LogP contribution in [0.2, 0.25) is 5.02 Å². The molecule has 0 fully saturated rings. The number of nitrogens with zero attached hydrogens (tertiary/aromatic N) is 1. The lowest BCUT2D eigenvalue weighted by atomic mass is 10.2. The fourth-order valence-electron chi connectivity index (χ4n) is 1.01. The van der Waals surface area contributed by atoms with Gasteiger partial charge in [-0.2, -0.15) is 0 Å². The molecule has 0 saturated carbocycles. The van der Waals surface area contributed by atoms with Crippen LogP contribution in [0.15, 0.2) is 28.9 Å². The average molecular weight is 241 g/mol. The van der Waals surface area contributed by atoms with Crippen molar-refractivity contribution >= 4 is 38.4 Å². The Morgan fingerprint density at radius 1 is 1.42 bits per heavy atom. The molecule has 2 rings (SSSR count). The second kappa shape index (κ2) is 3.04. The van der Waals surface area contributed by atoms with Crippen LogP contribution in [0.1, 0.15) is 0 Å². The van der Waals surface area contributed by atoms with Gasteiger partial charge in [-0.1, -0.05) is 27.5 Å². The van der Waals surface area contributed by atoms with Gasteiger partial charge in [0.25, 0.3) is 0 Å². The van der Waals surface area contributed by atoms with Crippen molar-refractivity contribution in [2.45, 2.75) is 0 Å². The molecule has 0 amide bonds. The van der Waals surface area contributed by atoms with Crippen LogP contribution < -0.4 is 0 Å². The molecule has 1 aromatic carbocycles. The standard InChI is InChI=1S/C9H4BrClN/c10-7-1-2-9-6(3-7)4-8(11)5-12-9/h1,3-5H. The molecular formula is C9H4BrClN. The molecule has 1 heterocycles. The number of fused-ring (bicyclic) bond motifs is 1. The van der Waals surface area contributed by atoms with E-state index in [0.29, 0.717) is 5.02 Å². The van der Waals surface area contributed by atoms with Crippen molar-refractivity contribution in [2.75, 3.05) is 0 Å². The molecular weight excluding hydrogens is 237 g/mol. The predicted molar refractivity (Wildman–Crippen MR) is 53.3 cm³/mol. The van der Waals surface area contributed by atoms with Crippen LogP contribution >= 0.6 is 27.5 Å². The summed E-state index contributed by atoms with van der Waals surface area (Å²) < 4.78 is 0.985. The van der Waals surface area contributed by atoms with Gasteiger partial charge in [-0.25, -0.2) is 0 Å². The number of aromatic nitrogens is 1. The summed E-state index contributed by atoms with van der Waals surface area (Å²) >= 11 is 9.13. The Kier molecular flexibility index (Phi) is 2.03. The van der Waals surface area contributed by atoms with Crippen molar-refractivity contribution in [1.29, 1.82) is 0 Å². The molecule has 0 aliphatic heterocycles. The first kappa shape index (κ1) is 8.02. The molecule has 1 nitrogen and oxygen atoms in total. The Morgan fingerprint density at radius 3 is 3.08 bits per heavy atom. The van der Waals surface area contributed by atoms with Crippen LogP contribution in [-0.2, 0) is 0 Å². The molecule has 1 aromatic heterocycles. The van der Waals surface area contributed by atoms with E-state index in [1.165, 1.54) is 0 Å². The van der Waals surface area contributed by atoms with Crippen molar-refractivity contribution in [3.8, 4) is 0 Å². The minimum absolute atomic E-state index is 0.647. The molecule has 0 unspecified atom stereocenters. The Bertz CT molecular complexity index is 391. The van der Waals surface area contributed by atoms with Gasteiger partial charge in [0.1, 0.15) is 0 Å². The highest BCUT2D eigenvalue weighted by Crippen LogP contribution is 2.20. The molecule has 1 radical (unpaired) electrons. The van der Waals surface area contributed by atoms with Gasteiger partial charge >= 0.3 is 0 Å². The molecule has 0 spiro atoms. The summed E-state index contributed by atoms with van der Waals surface area (Å²) in [5, 5.41) is 1.64. The lowest BCUT2D eigenvalue weighted by Crippen LogP contribution is -1.78. The third kappa shape index (κ3) is 1.45. The number of hydrogen-bond donors (Lipinski definition) is 0. The van der Waals surface area contributed by atoms with Crippen LogP contribution in [0.4, 0.5) is 0 Å². The summed E-state index contributed by atoms with van der Waals surface area (Å²) in [5.41, 5.74) is 0.836. The maximum absolute atomic E-state index is 5.78. The number of pyridine rings is 1. The minimum Gasteiger partial charge on any atom is -0.254 e. The summed E-state index contributed by atoms with van der Waals surface area (Å²) in [5.74, 6) is 0. The normalized spacial score (nSPS) is 10.5. The van der Waals surface area contributed by atoms with Gasteiger partial charge in [0.2, 0.25) is 0 Å². The summed E-state index contributed by atoms with van der Waals surface area (Å²) in [6.45, 7) is 0. The first-order valence-corrected chi connectivity index (χ1v) is 4.55. The van der Waals surface area contributed by atoms with Crippen molar-refractivity contribution in [3.63, 3.8) is 0 Å². The Morgan fingerprint density at radius 2 is 2.25 bits per heavy atom. The van der Waals surface area contributed by atoms with Crippen LogP contribution in [0.3, 0.4) is 0 Å². The molecule has 2 aromatic rings. The van der Waals surface area contributed by atoms with Gasteiger partial charge in [-0.3, -0.25) is 4.98 Å². The Labute approximate surface area is 83.5 Å². The largest absolute Gasteiger partial charge is 0.254 e. The first-order chi connectivity index (χ1) is 5.75. The SMILES string of the molecule is Clc1cnc2[c]cc(Br)cc2c1. The van der Waals surface area contributed by atoms with E-state index in [4.69, 9.17) is 11.6 Å². The highest BCUT2D eigenvalue weighted by atomic mass is 79.9. The monoisotopic (exact) mass is 240 g/mol. The molecule has 0 aliphatic carbocycles. The van der Waals surface area contributed by atoms with E-state index in [-0.39, 0.29) is 0 Å². The Balaban J connectivity index is 2.80. The van der Waals surface area contributed by atoms with E-state index in [9.17, 15) is 0 Å². The quantitative estimate of drug-likeness (QED) is 0.688. The van der Waals surface area contributed by atoms with Crippen molar-refractivity contribution in [3.05, 3.63) is 40.0 Å². The zero-order valence-corrected chi connectivity index (χ0v) is 8.35. The lowest BCUT2D eigenvalue weighted by molar-refractivity contribution is 1.41. The maximum Gasteiger partial charge on any atom is 0.0783 e. The van der Waals surface area contributed by atoms with Crippen LogP contribution in [-0.4, -0.2) is 4.98 Å². The maximum atomic E-state index is 5.78. The zero-order chi connectivity index (χ0) is 8.55. The van der Waals surface area contributed by atoms with Gasteiger partial charge < -0.3 is 0 Å². The van der Waals surface area contributed by atoms with Gasteiger partial charge in [-0.15, -0.1) is 0 Å². The van der Waals surface area contributed by atoms with E-state index in [1.54, 1.807) is 6.20 Å². The Hall–Kier alpha value is -0.600. The summed E-state index contributed by atoms with van der Waals surface area (Å²) in [6, 6.07) is 8.70. The van der Waals surface area contributed by atoms with Crippen LogP contribution in [0, 0.1) is 6.07 Å². The number of benzene rings is 1. The predicted octanol–water partition coefficient (Wildman–Crippen LogP) is 3.45. The van der Waals surface area contributed by atoms with Gasteiger partial charge in [-0.05, 0) is 18.2 Å². The molecule has 0 bridgehead atoms. The lowest BCUT2D eigenvalue weighted by Gasteiger charge is -1.96. The summed E-state index contributed by atoms with van der Waals surface area (Å²) in [4.78, 5) is 4.11. The topological polar surface area (TPSA) is 12.9 Å². The van der Waals surface area contributed by atoms with Gasteiger partial charge in [0.15, 0.2) is 0 Å². The third-order valence-electron chi connectivity index (χ3n) is 1.52. The zero-order valence-electron chi connectivity index (χ0n) is 6.01. The van der Waals surface area contributed by atoms with E-state index in [0.717, 1.165) is 15.4 Å². The third-order valence-corrected chi connectivity index (χ3v) is 2.19. The minimum atomic E-state index is 0.647. The number of halogens is 2. The average Bonchev–Trinajstić information content (AvgIpc) is 2.03. The van der Waals surface area contributed by atoms with Crippen molar-refractivity contribution in [1.82, 2.24) is 4.98 Å². The first-order valence-electron chi connectivity index (χ1n) is 3.38. The second-order valence-electron chi connectivity index (χ2n) is 2.41. The molecule has 59 valence electrons. The van der Waals surface area contributed by atoms with Gasteiger partial charge in [0.05, 0.1) is 10.5 Å². The molecule has 12 heavy (non-hydrogen) atoms. The highest BCUT2D eigenvalue weighted by molar-refractivity contribution is 9.10. The number of hydrogen-bond acceptors (Lipinski definition) is 1.